The summed E-state index contributed by atoms with van der Waals surface area (Å²) in [5.74, 6) is 0.800. The van der Waals surface area contributed by atoms with Gasteiger partial charge in [-0.15, -0.1) is 11.3 Å². The SMILES string of the molecule is CC(C)(C)N[C@H]1CC[C@H](c2ccc(C(C)(C)C)s2)CC1. The molecule has 0 unspecified atom stereocenters. The molecule has 1 aliphatic carbocycles. The van der Waals surface area contributed by atoms with Crippen LogP contribution in [0.1, 0.15) is 82.9 Å². The lowest BCUT2D eigenvalue weighted by molar-refractivity contribution is 0.281. The van der Waals surface area contributed by atoms with Gasteiger partial charge in [0.05, 0.1) is 0 Å². The Morgan fingerprint density at radius 2 is 1.55 bits per heavy atom. The van der Waals surface area contributed by atoms with E-state index in [4.69, 9.17) is 0 Å². The van der Waals surface area contributed by atoms with E-state index in [0.717, 1.165) is 5.92 Å². The van der Waals surface area contributed by atoms with Crippen LogP contribution in [0.15, 0.2) is 12.1 Å². The third-order valence-corrected chi connectivity index (χ3v) is 5.81. The first-order valence-corrected chi connectivity index (χ1v) is 8.85. The first kappa shape index (κ1) is 16.0. The number of hydrogen-bond donors (Lipinski definition) is 1. The molecule has 20 heavy (non-hydrogen) atoms. The lowest BCUT2D eigenvalue weighted by atomic mass is 9.84. The van der Waals surface area contributed by atoms with Crippen LogP contribution in [-0.4, -0.2) is 11.6 Å². The maximum absolute atomic E-state index is 3.76. The summed E-state index contributed by atoms with van der Waals surface area (Å²) in [5.41, 5.74) is 0.549. The van der Waals surface area contributed by atoms with Gasteiger partial charge < -0.3 is 5.32 Å². The lowest BCUT2D eigenvalue weighted by Crippen LogP contribution is -2.44. The molecule has 0 atom stereocenters. The molecule has 1 aromatic heterocycles. The zero-order valence-corrected chi connectivity index (χ0v) is 14.9. The molecule has 0 aromatic carbocycles. The van der Waals surface area contributed by atoms with Crippen LogP contribution in [0.5, 0.6) is 0 Å². The summed E-state index contributed by atoms with van der Waals surface area (Å²) in [6.45, 7) is 13.8. The molecule has 1 fully saturated rings. The fourth-order valence-electron chi connectivity index (χ4n) is 3.11. The topological polar surface area (TPSA) is 12.0 Å². The van der Waals surface area contributed by atoms with Crippen LogP contribution < -0.4 is 5.32 Å². The normalized spacial score (nSPS) is 24.9. The highest BCUT2D eigenvalue weighted by Gasteiger charge is 2.26. The Morgan fingerprint density at radius 3 is 2.00 bits per heavy atom. The summed E-state index contributed by atoms with van der Waals surface area (Å²) in [7, 11) is 0. The van der Waals surface area contributed by atoms with Gasteiger partial charge in [-0.3, -0.25) is 0 Å². The Bertz CT molecular complexity index is 425. The molecular weight excluding hydrogens is 262 g/mol. The maximum atomic E-state index is 3.76. The average Bonchev–Trinajstić information content (AvgIpc) is 2.76. The van der Waals surface area contributed by atoms with Gasteiger partial charge in [0.25, 0.3) is 0 Å². The molecule has 1 nitrogen and oxygen atoms in total. The number of rotatable bonds is 2. The van der Waals surface area contributed by atoms with Crippen molar-refractivity contribution in [2.75, 3.05) is 0 Å². The van der Waals surface area contributed by atoms with Gasteiger partial charge >= 0.3 is 0 Å². The Balaban J connectivity index is 1.92. The van der Waals surface area contributed by atoms with E-state index in [2.05, 4.69) is 59.0 Å². The van der Waals surface area contributed by atoms with Crippen LogP contribution in [0.4, 0.5) is 0 Å². The van der Waals surface area contributed by atoms with Crippen LogP contribution in [0.3, 0.4) is 0 Å². The summed E-state index contributed by atoms with van der Waals surface area (Å²) in [6, 6.07) is 5.45. The molecule has 2 heteroatoms. The lowest BCUT2D eigenvalue weighted by Gasteiger charge is -2.34. The van der Waals surface area contributed by atoms with Crippen LogP contribution in [0, 0.1) is 0 Å². The van der Waals surface area contributed by atoms with E-state index >= 15 is 0 Å². The molecule has 2 rings (SSSR count). The quantitative estimate of drug-likeness (QED) is 0.763. The van der Waals surface area contributed by atoms with Crippen molar-refractivity contribution in [3.05, 3.63) is 21.9 Å². The fraction of sp³-hybridized carbons (Fsp3) is 0.778. The van der Waals surface area contributed by atoms with Gasteiger partial charge in [0.2, 0.25) is 0 Å². The Hall–Kier alpha value is -0.340. The standard InChI is InChI=1S/C18H31NS/c1-17(2,3)16-12-11-15(20-16)13-7-9-14(10-8-13)19-18(4,5)6/h11-14,19H,7-10H2,1-6H3/t13-,14-. The Morgan fingerprint density at radius 1 is 0.950 bits per heavy atom. The largest absolute Gasteiger partial charge is 0.309 e. The van der Waals surface area contributed by atoms with Crippen molar-refractivity contribution in [3.8, 4) is 0 Å². The smallest absolute Gasteiger partial charge is 0.0102 e. The first-order chi connectivity index (χ1) is 9.15. The van der Waals surface area contributed by atoms with E-state index in [0.29, 0.717) is 11.5 Å². The molecule has 1 aromatic rings. The third-order valence-electron chi connectivity index (χ3n) is 4.13. The van der Waals surface area contributed by atoms with Crippen LogP contribution in [0.2, 0.25) is 0 Å². The second-order valence-electron chi connectivity index (χ2n) is 8.39. The van der Waals surface area contributed by atoms with Gasteiger partial charge in [-0.1, -0.05) is 20.8 Å². The van der Waals surface area contributed by atoms with E-state index in [-0.39, 0.29) is 5.54 Å². The van der Waals surface area contributed by atoms with Crippen molar-refractivity contribution in [1.29, 1.82) is 0 Å². The molecule has 0 spiro atoms. The van der Waals surface area contributed by atoms with Crippen molar-refractivity contribution in [2.45, 2.75) is 90.1 Å². The monoisotopic (exact) mass is 293 g/mol. The van der Waals surface area contributed by atoms with Crippen LogP contribution in [-0.2, 0) is 5.41 Å². The number of thiophene rings is 1. The zero-order chi connectivity index (χ0) is 15.0. The van der Waals surface area contributed by atoms with Crippen molar-refractivity contribution in [2.24, 2.45) is 0 Å². The predicted octanol–water partition coefficient (Wildman–Crippen LogP) is 5.46. The molecule has 0 radical (unpaired) electrons. The molecule has 114 valence electrons. The highest BCUT2D eigenvalue weighted by molar-refractivity contribution is 7.12. The minimum Gasteiger partial charge on any atom is -0.309 e. The van der Waals surface area contributed by atoms with Gasteiger partial charge in [-0.2, -0.15) is 0 Å². The summed E-state index contributed by atoms with van der Waals surface area (Å²) >= 11 is 2.04. The second-order valence-corrected chi connectivity index (χ2v) is 9.51. The number of hydrogen-bond acceptors (Lipinski definition) is 2. The van der Waals surface area contributed by atoms with Crippen molar-refractivity contribution in [1.82, 2.24) is 5.32 Å². The molecule has 0 amide bonds. The maximum Gasteiger partial charge on any atom is 0.0102 e. The molecule has 0 bridgehead atoms. The van der Waals surface area contributed by atoms with Crippen molar-refractivity contribution >= 4 is 11.3 Å². The predicted molar refractivity (Wildman–Crippen MR) is 90.9 cm³/mol. The van der Waals surface area contributed by atoms with E-state index in [9.17, 15) is 0 Å². The summed E-state index contributed by atoms with van der Waals surface area (Å²) in [6.07, 6.45) is 5.34. The average molecular weight is 294 g/mol. The van der Waals surface area contributed by atoms with Crippen LogP contribution >= 0.6 is 11.3 Å². The highest BCUT2D eigenvalue weighted by Crippen LogP contribution is 2.39. The minimum atomic E-state index is 0.250. The number of nitrogens with one attached hydrogen (secondary N) is 1. The molecule has 0 aliphatic heterocycles. The molecule has 1 heterocycles. The summed E-state index contributed by atoms with van der Waals surface area (Å²) in [4.78, 5) is 3.14. The van der Waals surface area contributed by atoms with E-state index in [1.165, 1.54) is 30.6 Å². The minimum absolute atomic E-state index is 0.250. The summed E-state index contributed by atoms with van der Waals surface area (Å²) in [5, 5.41) is 3.76. The third kappa shape index (κ3) is 4.33. The molecular formula is C18H31NS. The Labute approximate surface area is 129 Å². The fourth-order valence-corrected chi connectivity index (χ4v) is 4.34. The summed E-state index contributed by atoms with van der Waals surface area (Å²) < 4.78 is 0. The van der Waals surface area contributed by atoms with Gasteiger partial charge in [0.15, 0.2) is 0 Å². The van der Waals surface area contributed by atoms with Crippen molar-refractivity contribution in [3.63, 3.8) is 0 Å². The molecule has 1 N–H and O–H groups in total. The van der Waals surface area contributed by atoms with Gasteiger partial charge in [-0.25, -0.2) is 0 Å². The van der Waals surface area contributed by atoms with E-state index in [1.807, 2.05) is 11.3 Å². The highest BCUT2D eigenvalue weighted by atomic mass is 32.1. The molecule has 1 aliphatic rings. The van der Waals surface area contributed by atoms with Gasteiger partial charge in [-0.05, 0) is 69.9 Å². The second kappa shape index (κ2) is 5.81. The molecule has 1 saturated carbocycles. The van der Waals surface area contributed by atoms with Crippen molar-refractivity contribution < 1.29 is 0 Å². The van der Waals surface area contributed by atoms with E-state index < -0.39 is 0 Å². The van der Waals surface area contributed by atoms with E-state index in [1.54, 1.807) is 4.88 Å². The first-order valence-electron chi connectivity index (χ1n) is 8.03. The van der Waals surface area contributed by atoms with Crippen LogP contribution in [0.25, 0.3) is 0 Å². The zero-order valence-electron chi connectivity index (χ0n) is 14.0. The van der Waals surface area contributed by atoms with Gasteiger partial charge in [0.1, 0.15) is 0 Å². The van der Waals surface area contributed by atoms with Gasteiger partial charge in [0, 0.05) is 21.3 Å². The molecule has 0 saturated heterocycles. The Kier molecular flexibility index (Phi) is 4.66.